The van der Waals surface area contributed by atoms with Crippen molar-refractivity contribution in [3.8, 4) is 0 Å². The summed E-state index contributed by atoms with van der Waals surface area (Å²) in [6, 6.07) is 0. The first-order valence-electron chi connectivity index (χ1n) is 4.64. The van der Waals surface area contributed by atoms with Crippen molar-refractivity contribution in [2.24, 2.45) is 0 Å². The van der Waals surface area contributed by atoms with E-state index in [0.717, 1.165) is 0 Å². The summed E-state index contributed by atoms with van der Waals surface area (Å²) >= 11 is 0. The summed E-state index contributed by atoms with van der Waals surface area (Å²) in [5, 5.41) is 0. The Balaban J connectivity index is 2.42. The molecule has 0 aromatic rings. The zero-order valence-electron chi connectivity index (χ0n) is 8.84. The van der Waals surface area contributed by atoms with Gasteiger partial charge in [-0.25, -0.2) is 9.18 Å². The molecule has 0 N–H and O–H groups in total. The van der Waals surface area contributed by atoms with Gasteiger partial charge in [-0.15, -0.1) is 0 Å². The Kier molecular flexibility index (Phi) is 3.13. The molecule has 0 aliphatic carbocycles. The van der Waals surface area contributed by atoms with Crippen LogP contribution in [0.2, 0.25) is 0 Å². The van der Waals surface area contributed by atoms with Crippen molar-refractivity contribution in [3.63, 3.8) is 0 Å². The second-order valence-electron chi connectivity index (χ2n) is 4.36. The molecule has 1 amide bonds. The van der Waals surface area contributed by atoms with E-state index in [1.807, 2.05) is 20.8 Å². The number of hydrogen-bond donors (Lipinski definition) is 0. The van der Waals surface area contributed by atoms with E-state index in [9.17, 15) is 9.18 Å². The molecule has 0 saturated heterocycles. The molecule has 1 rings (SSSR count). The topological polar surface area (TPSA) is 29.5 Å². The van der Waals surface area contributed by atoms with Crippen molar-refractivity contribution in [2.45, 2.75) is 26.4 Å². The highest BCUT2D eigenvalue weighted by Crippen LogP contribution is 2.14. The lowest BCUT2D eigenvalue weighted by Gasteiger charge is -2.24. The molecule has 0 fully saturated rings. The van der Waals surface area contributed by atoms with Crippen LogP contribution in [0.5, 0.6) is 0 Å². The number of amides is 1. The van der Waals surface area contributed by atoms with Crippen molar-refractivity contribution >= 4 is 6.09 Å². The molecular formula is C10H16FNO2. The molecule has 0 aromatic heterocycles. The monoisotopic (exact) mass is 201 g/mol. The van der Waals surface area contributed by atoms with Gasteiger partial charge in [-0.2, -0.15) is 0 Å². The maximum Gasteiger partial charge on any atom is 0.410 e. The number of carbonyl (C=O) groups is 1. The highest BCUT2D eigenvalue weighted by molar-refractivity contribution is 5.69. The molecule has 0 bridgehead atoms. The quantitative estimate of drug-likeness (QED) is 0.608. The van der Waals surface area contributed by atoms with Crippen molar-refractivity contribution < 1.29 is 13.9 Å². The molecule has 0 atom stereocenters. The fourth-order valence-electron chi connectivity index (χ4n) is 1.18. The first-order chi connectivity index (χ1) is 6.42. The Bertz CT molecular complexity index is 255. The molecule has 1 aliphatic heterocycles. The van der Waals surface area contributed by atoms with E-state index < -0.39 is 12.3 Å². The highest BCUT2D eigenvalue weighted by Gasteiger charge is 2.24. The van der Waals surface area contributed by atoms with E-state index >= 15 is 0 Å². The zero-order valence-corrected chi connectivity index (χ0v) is 8.84. The van der Waals surface area contributed by atoms with Crippen molar-refractivity contribution in [3.05, 3.63) is 11.6 Å². The largest absolute Gasteiger partial charge is 0.444 e. The minimum absolute atomic E-state index is 0.353. The third-order valence-electron chi connectivity index (χ3n) is 1.82. The Labute approximate surface area is 83.5 Å². The molecule has 0 spiro atoms. The number of alkyl halides is 1. The lowest BCUT2D eigenvalue weighted by molar-refractivity contribution is 0.0300. The van der Waals surface area contributed by atoms with Crippen LogP contribution in [0.3, 0.4) is 0 Å². The molecular weight excluding hydrogens is 185 g/mol. The summed E-state index contributed by atoms with van der Waals surface area (Å²) in [4.78, 5) is 13.0. The Hall–Kier alpha value is -1.06. The van der Waals surface area contributed by atoms with E-state index in [4.69, 9.17) is 4.74 Å². The zero-order chi connectivity index (χ0) is 10.8. The molecule has 1 heterocycles. The molecule has 0 unspecified atom stereocenters. The SMILES string of the molecule is CC(C)(C)OC(=O)N1CC=C(CF)C1. The van der Waals surface area contributed by atoms with E-state index in [1.165, 1.54) is 4.90 Å². The third kappa shape index (κ3) is 3.01. The Morgan fingerprint density at radius 1 is 1.64 bits per heavy atom. The standard InChI is InChI=1S/C10H16FNO2/c1-10(2,3)14-9(13)12-5-4-8(6-11)7-12/h4H,5-7H2,1-3H3. The number of halogens is 1. The smallest absolute Gasteiger partial charge is 0.410 e. The molecule has 14 heavy (non-hydrogen) atoms. The minimum atomic E-state index is -0.491. The minimum Gasteiger partial charge on any atom is -0.444 e. The van der Waals surface area contributed by atoms with Crippen LogP contribution in [0.4, 0.5) is 9.18 Å². The highest BCUT2D eigenvalue weighted by atomic mass is 19.1. The van der Waals surface area contributed by atoms with Gasteiger partial charge in [0.05, 0.1) is 0 Å². The van der Waals surface area contributed by atoms with Gasteiger partial charge in [-0.05, 0) is 26.3 Å². The summed E-state index contributed by atoms with van der Waals surface area (Å²) in [6.07, 6.45) is 1.35. The van der Waals surface area contributed by atoms with Gasteiger partial charge in [-0.3, -0.25) is 0 Å². The van der Waals surface area contributed by atoms with Crippen LogP contribution >= 0.6 is 0 Å². The number of hydrogen-bond acceptors (Lipinski definition) is 2. The molecule has 1 aliphatic rings. The second-order valence-corrected chi connectivity index (χ2v) is 4.36. The van der Waals surface area contributed by atoms with Crippen molar-refractivity contribution in [2.75, 3.05) is 19.8 Å². The first kappa shape index (κ1) is 11.0. The van der Waals surface area contributed by atoms with Crippen LogP contribution in [-0.2, 0) is 4.74 Å². The predicted molar refractivity (Wildman–Crippen MR) is 51.9 cm³/mol. The van der Waals surface area contributed by atoms with Gasteiger partial charge in [0, 0.05) is 13.1 Å². The van der Waals surface area contributed by atoms with Gasteiger partial charge in [0.2, 0.25) is 0 Å². The van der Waals surface area contributed by atoms with Gasteiger partial charge in [0.25, 0.3) is 0 Å². The van der Waals surface area contributed by atoms with Crippen LogP contribution < -0.4 is 0 Å². The maximum atomic E-state index is 12.2. The molecule has 80 valence electrons. The predicted octanol–water partition coefficient (Wildman–Crippen LogP) is 2.13. The van der Waals surface area contributed by atoms with Gasteiger partial charge >= 0.3 is 6.09 Å². The van der Waals surface area contributed by atoms with Crippen LogP contribution in [-0.4, -0.2) is 36.4 Å². The molecule has 0 aromatic carbocycles. The van der Waals surface area contributed by atoms with Crippen molar-refractivity contribution in [1.82, 2.24) is 4.90 Å². The Morgan fingerprint density at radius 2 is 2.29 bits per heavy atom. The summed E-state index contributed by atoms with van der Waals surface area (Å²) in [5.41, 5.74) is 0.158. The average Bonchev–Trinajstić information content (AvgIpc) is 2.48. The number of ether oxygens (including phenoxy) is 1. The van der Waals surface area contributed by atoms with Gasteiger partial charge < -0.3 is 9.64 Å². The summed E-state index contributed by atoms with van der Waals surface area (Å²) in [5.74, 6) is 0. The van der Waals surface area contributed by atoms with E-state index in [0.29, 0.717) is 18.7 Å². The maximum absolute atomic E-state index is 12.2. The number of nitrogens with zero attached hydrogens (tertiary/aromatic N) is 1. The third-order valence-corrected chi connectivity index (χ3v) is 1.82. The molecule has 0 radical (unpaired) electrons. The summed E-state index contributed by atoms with van der Waals surface area (Å²) in [6.45, 7) is 5.75. The summed E-state index contributed by atoms with van der Waals surface area (Å²) < 4.78 is 17.4. The Morgan fingerprint density at radius 3 is 2.71 bits per heavy atom. The fourth-order valence-corrected chi connectivity index (χ4v) is 1.18. The van der Waals surface area contributed by atoms with E-state index in [-0.39, 0.29) is 6.09 Å². The number of rotatable bonds is 1. The number of carbonyl (C=O) groups excluding carboxylic acids is 1. The fraction of sp³-hybridized carbons (Fsp3) is 0.700. The normalized spacial score (nSPS) is 16.9. The first-order valence-corrected chi connectivity index (χ1v) is 4.64. The molecule has 4 heteroatoms. The van der Waals surface area contributed by atoms with Crippen molar-refractivity contribution in [1.29, 1.82) is 0 Å². The lowest BCUT2D eigenvalue weighted by atomic mass is 10.2. The molecule has 3 nitrogen and oxygen atoms in total. The van der Waals surface area contributed by atoms with Crippen LogP contribution in [0.1, 0.15) is 20.8 Å². The summed E-state index contributed by atoms with van der Waals surface area (Å²) in [7, 11) is 0. The molecule has 0 saturated carbocycles. The second kappa shape index (κ2) is 3.98. The average molecular weight is 201 g/mol. The van der Waals surface area contributed by atoms with E-state index in [2.05, 4.69) is 0 Å². The van der Waals surface area contributed by atoms with Gasteiger partial charge in [-0.1, -0.05) is 6.08 Å². The van der Waals surface area contributed by atoms with Crippen LogP contribution in [0, 0.1) is 0 Å². The van der Waals surface area contributed by atoms with Crippen LogP contribution in [0.15, 0.2) is 11.6 Å². The van der Waals surface area contributed by atoms with Crippen LogP contribution in [0.25, 0.3) is 0 Å². The lowest BCUT2D eigenvalue weighted by Crippen LogP contribution is -2.35. The van der Waals surface area contributed by atoms with E-state index in [1.54, 1.807) is 6.08 Å². The van der Waals surface area contributed by atoms with Gasteiger partial charge in [0.15, 0.2) is 0 Å². The van der Waals surface area contributed by atoms with Gasteiger partial charge in [0.1, 0.15) is 12.3 Å².